The van der Waals surface area contributed by atoms with E-state index in [-0.39, 0.29) is 17.5 Å². The molecule has 0 atom stereocenters. The van der Waals surface area contributed by atoms with Crippen LogP contribution in [-0.2, 0) is 22.4 Å². The van der Waals surface area contributed by atoms with Crippen LogP contribution in [0.15, 0.2) is 10.9 Å². The predicted molar refractivity (Wildman–Crippen MR) is 107 cm³/mol. The number of hydrogen-bond donors (Lipinski definition) is 3. The number of hydrogen-bond acceptors (Lipinski definition) is 5. The van der Waals surface area contributed by atoms with Gasteiger partial charge in [0.2, 0.25) is 5.95 Å². The summed E-state index contributed by atoms with van der Waals surface area (Å²) in [6, 6.07) is 1.68. The van der Waals surface area contributed by atoms with Crippen molar-refractivity contribution >= 4 is 17.6 Å². The highest BCUT2D eigenvalue weighted by Crippen LogP contribution is 2.20. The Labute approximate surface area is 168 Å². The zero-order chi connectivity index (χ0) is 20.4. The van der Waals surface area contributed by atoms with Crippen molar-refractivity contribution in [2.75, 3.05) is 5.32 Å². The minimum absolute atomic E-state index is 0.0390. The first kappa shape index (κ1) is 19.4. The second-order valence-corrected chi connectivity index (χ2v) is 7.87. The van der Waals surface area contributed by atoms with Crippen molar-refractivity contribution in [2.24, 2.45) is 0 Å². The molecular weight excluding hydrogens is 372 g/mol. The molecule has 0 aliphatic heterocycles. The molecule has 2 amide bonds. The Bertz CT molecular complexity index is 985. The number of amides is 2. The summed E-state index contributed by atoms with van der Waals surface area (Å²) in [6.07, 6.45) is 8.64. The minimum Gasteiger partial charge on any atom is -0.345 e. The zero-order valence-electron chi connectivity index (χ0n) is 16.6. The third kappa shape index (κ3) is 4.23. The Kier molecular flexibility index (Phi) is 5.46. The van der Waals surface area contributed by atoms with Crippen molar-refractivity contribution in [3.8, 4) is 5.95 Å². The van der Waals surface area contributed by atoms with E-state index in [0.717, 1.165) is 50.6 Å². The quantitative estimate of drug-likeness (QED) is 0.535. The van der Waals surface area contributed by atoms with Gasteiger partial charge < -0.3 is 10.6 Å². The number of fused-ring (bicyclic) bond motifs is 1. The second kappa shape index (κ2) is 8.18. The van der Waals surface area contributed by atoms with Crippen molar-refractivity contribution in [1.29, 1.82) is 0 Å². The third-order valence-electron chi connectivity index (χ3n) is 5.60. The highest BCUT2D eigenvalue weighted by atomic mass is 16.2. The summed E-state index contributed by atoms with van der Waals surface area (Å²) >= 11 is 0. The number of carbonyl (C=O) groups excluding carboxylic acids is 2. The van der Waals surface area contributed by atoms with Crippen LogP contribution in [0.3, 0.4) is 0 Å². The molecule has 0 radical (unpaired) electrons. The van der Waals surface area contributed by atoms with Crippen LogP contribution in [-0.4, -0.2) is 37.6 Å². The van der Waals surface area contributed by atoms with Crippen molar-refractivity contribution in [3.63, 3.8) is 0 Å². The van der Waals surface area contributed by atoms with E-state index in [4.69, 9.17) is 0 Å². The smallest absolute Gasteiger partial charge is 0.314 e. The summed E-state index contributed by atoms with van der Waals surface area (Å²) in [4.78, 5) is 44.4. The van der Waals surface area contributed by atoms with Crippen molar-refractivity contribution < 1.29 is 9.59 Å². The standard InChI is InChI=1S/C20H26N6O3/c1-12-11-16(23-19(29)18(28)21-13-7-4-2-3-5-8-13)26(25-12)20-22-15-10-6-9-14(15)17(27)24-20/h11,13H,2-10H2,1H3,(H,21,28)(H,23,29)(H,22,24,27). The average molecular weight is 398 g/mol. The largest absolute Gasteiger partial charge is 0.345 e. The summed E-state index contributed by atoms with van der Waals surface area (Å²) in [5.74, 6) is -0.871. The van der Waals surface area contributed by atoms with Crippen molar-refractivity contribution in [1.82, 2.24) is 25.1 Å². The number of nitrogens with zero attached hydrogens (tertiary/aromatic N) is 3. The number of rotatable bonds is 3. The van der Waals surface area contributed by atoms with Crippen LogP contribution >= 0.6 is 0 Å². The monoisotopic (exact) mass is 398 g/mol. The SMILES string of the molecule is Cc1cc(NC(=O)C(=O)NC2CCCCCC2)n(-c2nc3c(c(=O)[nH]2)CCC3)n1. The van der Waals surface area contributed by atoms with Gasteiger partial charge in [-0.25, -0.2) is 4.98 Å². The zero-order valence-corrected chi connectivity index (χ0v) is 16.6. The summed E-state index contributed by atoms with van der Waals surface area (Å²) in [7, 11) is 0. The minimum atomic E-state index is -0.751. The van der Waals surface area contributed by atoms with Gasteiger partial charge >= 0.3 is 11.8 Å². The highest BCUT2D eigenvalue weighted by molar-refractivity contribution is 6.39. The van der Waals surface area contributed by atoms with E-state index in [2.05, 4.69) is 25.7 Å². The fourth-order valence-electron chi connectivity index (χ4n) is 4.13. The number of H-pyrrole nitrogens is 1. The molecule has 3 N–H and O–H groups in total. The molecule has 2 aliphatic carbocycles. The van der Waals surface area contributed by atoms with Crippen LogP contribution in [0.4, 0.5) is 5.82 Å². The molecule has 4 rings (SSSR count). The molecular formula is C20H26N6O3. The maximum Gasteiger partial charge on any atom is 0.314 e. The summed E-state index contributed by atoms with van der Waals surface area (Å²) in [5.41, 5.74) is 1.93. The summed E-state index contributed by atoms with van der Waals surface area (Å²) in [6.45, 7) is 1.77. The highest BCUT2D eigenvalue weighted by Gasteiger charge is 2.23. The average Bonchev–Trinajstić information content (AvgIpc) is 3.22. The first-order valence-corrected chi connectivity index (χ1v) is 10.3. The van der Waals surface area contributed by atoms with E-state index in [1.807, 2.05) is 0 Å². The van der Waals surface area contributed by atoms with Gasteiger partial charge in [-0.05, 0) is 39.0 Å². The molecule has 0 bridgehead atoms. The molecule has 0 saturated heterocycles. The van der Waals surface area contributed by atoms with Crippen LogP contribution < -0.4 is 16.2 Å². The summed E-state index contributed by atoms with van der Waals surface area (Å²) in [5, 5.41) is 9.77. The lowest BCUT2D eigenvalue weighted by molar-refractivity contribution is -0.136. The Morgan fingerprint density at radius 1 is 1.10 bits per heavy atom. The van der Waals surface area contributed by atoms with Gasteiger partial charge in [0.1, 0.15) is 5.82 Å². The fourth-order valence-corrected chi connectivity index (χ4v) is 4.13. The van der Waals surface area contributed by atoms with Gasteiger partial charge in [0, 0.05) is 17.7 Å². The van der Waals surface area contributed by atoms with Crippen molar-refractivity contribution in [2.45, 2.75) is 70.8 Å². The van der Waals surface area contributed by atoms with Gasteiger partial charge in [-0.1, -0.05) is 25.7 Å². The molecule has 9 heteroatoms. The van der Waals surface area contributed by atoms with Gasteiger partial charge in [-0.2, -0.15) is 9.78 Å². The summed E-state index contributed by atoms with van der Waals surface area (Å²) < 4.78 is 1.37. The van der Waals surface area contributed by atoms with Gasteiger partial charge in [0.15, 0.2) is 0 Å². The van der Waals surface area contributed by atoms with E-state index in [1.165, 1.54) is 17.5 Å². The lowest BCUT2D eigenvalue weighted by Crippen LogP contribution is -2.41. The molecule has 0 unspecified atom stereocenters. The molecule has 1 saturated carbocycles. The van der Waals surface area contributed by atoms with Crippen molar-refractivity contribution in [3.05, 3.63) is 33.4 Å². The molecule has 9 nitrogen and oxygen atoms in total. The fraction of sp³-hybridized carbons (Fsp3) is 0.550. The number of aromatic amines is 1. The maximum atomic E-state index is 12.5. The number of anilines is 1. The molecule has 2 heterocycles. The Morgan fingerprint density at radius 3 is 2.62 bits per heavy atom. The maximum absolute atomic E-state index is 12.5. The topological polar surface area (TPSA) is 122 Å². The van der Waals surface area contributed by atoms with E-state index < -0.39 is 11.8 Å². The van der Waals surface area contributed by atoms with Crippen LogP contribution in [0.1, 0.15) is 61.9 Å². The number of aryl methyl sites for hydroxylation is 2. The number of nitrogens with one attached hydrogen (secondary N) is 3. The van der Waals surface area contributed by atoms with E-state index in [0.29, 0.717) is 17.1 Å². The van der Waals surface area contributed by atoms with Gasteiger partial charge in [-0.15, -0.1) is 0 Å². The Balaban J connectivity index is 1.51. The van der Waals surface area contributed by atoms with Gasteiger partial charge in [-0.3, -0.25) is 19.4 Å². The molecule has 0 aromatic carbocycles. The van der Waals surface area contributed by atoms with Crippen LogP contribution in [0, 0.1) is 6.92 Å². The first-order valence-electron chi connectivity index (χ1n) is 10.3. The number of carbonyl (C=O) groups is 2. The second-order valence-electron chi connectivity index (χ2n) is 7.87. The normalized spacial score (nSPS) is 16.9. The molecule has 0 spiro atoms. The van der Waals surface area contributed by atoms with E-state index in [9.17, 15) is 14.4 Å². The Hall–Kier alpha value is -2.97. The predicted octanol–water partition coefficient (Wildman–Crippen LogP) is 1.53. The lowest BCUT2D eigenvalue weighted by atomic mass is 10.1. The molecule has 154 valence electrons. The van der Waals surface area contributed by atoms with Crippen LogP contribution in [0.2, 0.25) is 0 Å². The van der Waals surface area contributed by atoms with Crippen LogP contribution in [0.5, 0.6) is 0 Å². The van der Waals surface area contributed by atoms with Gasteiger partial charge in [0.05, 0.1) is 11.4 Å². The first-order chi connectivity index (χ1) is 14.0. The van der Waals surface area contributed by atoms with Gasteiger partial charge in [0.25, 0.3) is 5.56 Å². The lowest BCUT2D eigenvalue weighted by Gasteiger charge is -2.16. The molecule has 2 aromatic heterocycles. The number of aromatic nitrogens is 4. The van der Waals surface area contributed by atoms with E-state index in [1.54, 1.807) is 13.0 Å². The van der Waals surface area contributed by atoms with Crippen LogP contribution in [0.25, 0.3) is 5.95 Å². The Morgan fingerprint density at radius 2 is 1.86 bits per heavy atom. The molecule has 29 heavy (non-hydrogen) atoms. The molecule has 1 fully saturated rings. The molecule has 2 aliphatic rings. The van der Waals surface area contributed by atoms with E-state index >= 15 is 0 Å². The third-order valence-corrected chi connectivity index (χ3v) is 5.60. The molecule has 2 aromatic rings.